The molecule has 0 saturated heterocycles. The van der Waals surface area contributed by atoms with Gasteiger partial charge in [0, 0.05) is 42.5 Å². The number of hydrogen-bond donors (Lipinski definition) is 6. The predicted molar refractivity (Wildman–Crippen MR) is 148 cm³/mol. The number of amides is 1. The fraction of sp³-hybridized carbons (Fsp3) is 0.345. The maximum absolute atomic E-state index is 14.1. The Labute approximate surface area is 230 Å². The number of aliphatic hydroxyl groups excluding tert-OH is 2. The molecule has 2 aromatic rings. The van der Waals surface area contributed by atoms with Gasteiger partial charge in [0.1, 0.15) is 22.8 Å². The number of phenolic OH excluding ortho intramolecular Hbond substituents is 1. The van der Waals surface area contributed by atoms with Crippen molar-refractivity contribution in [2.24, 2.45) is 17.6 Å². The van der Waals surface area contributed by atoms with E-state index in [1.807, 2.05) is 19.0 Å². The zero-order chi connectivity index (χ0) is 29.4. The molecule has 11 nitrogen and oxygen atoms in total. The molecule has 3 aliphatic carbocycles. The van der Waals surface area contributed by atoms with Gasteiger partial charge in [-0.2, -0.15) is 0 Å². The molecule has 0 bridgehead atoms. The first-order valence-corrected chi connectivity index (χ1v) is 12.8. The predicted octanol–water partition coefficient (Wildman–Crippen LogP) is 1.28. The highest BCUT2D eigenvalue weighted by molar-refractivity contribution is 6.24. The highest BCUT2D eigenvalue weighted by atomic mass is 16.3. The van der Waals surface area contributed by atoms with Crippen LogP contribution < -0.4 is 16.4 Å². The number of phenols is 1. The van der Waals surface area contributed by atoms with Crippen molar-refractivity contribution in [1.82, 2.24) is 4.90 Å². The molecule has 0 heterocycles. The first-order chi connectivity index (χ1) is 18.7. The van der Waals surface area contributed by atoms with Gasteiger partial charge in [0.05, 0.1) is 11.6 Å². The summed E-state index contributed by atoms with van der Waals surface area (Å²) in [7, 11) is 6.75. The second-order valence-corrected chi connectivity index (χ2v) is 11.1. The van der Waals surface area contributed by atoms with Crippen LogP contribution in [0.5, 0.6) is 5.75 Å². The van der Waals surface area contributed by atoms with E-state index in [-0.39, 0.29) is 29.7 Å². The number of anilines is 2. The molecule has 0 spiro atoms. The van der Waals surface area contributed by atoms with Crippen LogP contribution in [0, 0.1) is 11.8 Å². The highest BCUT2D eigenvalue weighted by Crippen LogP contribution is 2.54. The van der Waals surface area contributed by atoms with E-state index in [0.29, 0.717) is 28.1 Å². The van der Waals surface area contributed by atoms with Gasteiger partial charge in [-0.15, -0.1) is 0 Å². The fourth-order valence-corrected chi connectivity index (χ4v) is 6.62. The molecule has 0 aliphatic heterocycles. The Balaban J connectivity index is 1.78. The summed E-state index contributed by atoms with van der Waals surface area (Å²) in [5.41, 5.74) is 10.3. The van der Waals surface area contributed by atoms with E-state index in [2.05, 4.69) is 0 Å². The van der Waals surface area contributed by atoms with E-state index in [0.717, 1.165) is 0 Å². The monoisotopic (exact) mass is 548 g/mol. The van der Waals surface area contributed by atoms with Crippen molar-refractivity contribution in [2.45, 2.75) is 24.5 Å². The van der Waals surface area contributed by atoms with E-state index in [1.54, 1.807) is 44.4 Å². The standard InChI is InChI=1S/C29H32N4O7/c1-32(2)18-11-15(12-6-5-7-14(30)8-12)23(34)20-16(18)9-13-10-17-22(33(3)4)25(36)21(28(31)39)27(38)29(17,40)26(37)19(13)24(20)35/h5-8,11,13,17,22,34-35,38,40H,9-10,30H2,1-4H3,(H2,31,39)/t13-,17-,22-,29-/m0/s1. The molecule has 0 radical (unpaired) electrons. The molecule has 3 aliphatic rings. The maximum Gasteiger partial charge on any atom is 0.255 e. The van der Waals surface area contributed by atoms with Gasteiger partial charge >= 0.3 is 0 Å². The number of primary amides is 1. The van der Waals surface area contributed by atoms with Gasteiger partial charge in [0.2, 0.25) is 5.78 Å². The lowest BCUT2D eigenvalue weighted by Crippen LogP contribution is -2.65. The van der Waals surface area contributed by atoms with Gasteiger partial charge in [-0.05, 0) is 62.2 Å². The van der Waals surface area contributed by atoms with Gasteiger partial charge < -0.3 is 36.8 Å². The molecule has 2 aromatic carbocycles. The van der Waals surface area contributed by atoms with Gasteiger partial charge in [0.15, 0.2) is 11.4 Å². The molecule has 5 rings (SSSR count). The third kappa shape index (κ3) is 3.61. The molecular weight excluding hydrogens is 516 g/mol. The third-order valence-electron chi connectivity index (χ3n) is 8.38. The van der Waals surface area contributed by atoms with E-state index in [4.69, 9.17) is 11.5 Å². The Morgan fingerprint density at radius 2 is 1.75 bits per heavy atom. The van der Waals surface area contributed by atoms with Crippen molar-refractivity contribution in [3.63, 3.8) is 0 Å². The summed E-state index contributed by atoms with van der Waals surface area (Å²) in [6.07, 6.45) is 0.225. The molecule has 0 unspecified atom stereocenters. The number of Topliss-reactive ketones (excluding diaryl/α,β-unsaturated/α-hetero) is 2. The first kappa shape index (κ1) is 27.2. The Kier molecular flexibility index (Phi) is 6.20. The maximum atomic E-state index is 14.1. The number of nitrogen functional groups attached to an aromatic ring is 1. The lowest BCUT2D eigenvalue weighted by molar-refractivity contribution is -0.153. The fourth-order valence-electron chi connectivity index (χ4n) is 6.62. The normalized spacial score (nSPS) is 26.0. The number of benzene rings is 2. The molecule has 8 N–H and O–H groups in total. The zero-order valence-electron chi connectivity index (χ0n) is 22.6. The van der Waals surface area contributed by atoms with E-state index in [9.17, 15) is 34.8 Å². The van der Waals surface area contributed by atoms with Crippen LogP contribution in [0.4, 0.5) is 11.4 Å². The minimum Gasteiger partial charge on any atom is -0.508 e. The van der Waals surface area contributed by atoms with Gasteiger partial charge in [-0.3, -0.25) is 19.3 Å². The zero-order valence-corrected chi connectivity index (χ0v) is 22.6. The van der Waals surface area contributed by atoms with Gasteiger partial charge in [-0.25, -0.2) is 0 Å². The lowest BCUT2D eigenvalue weighted by atomic mass is 9.57. The summed E-state index contributed by atoms with van der Waals surface area (Å²) in [5, 5.41) is 45.8. The van der Waals surface area contributed by atoms with Crippen molar-refractivity contribution in [1.29, 1.82) is 0 Å². The minimum absolute atomic E-state index is 0.0242. The summed E-state index contributed by atoms with van der Waals surface area (Å²) in [5.74, 6) is -6.83. The molecule has 11 heteroatoms. The average Bonchev–Trinajstić information content (AvgIpc) is 2.85. The molecule has 0 aromatic heterocycles. The summed E-state index contributed by atoms with van der Waals surface area (Å²) in [6, 6.07) is 7.49. The number of carbonyl (C=O) groups excluding carboxylic acids is 3. The van der Waals surface area contributed by atoms with Crippen molar-refractivity contribution >= 4 is 34.6 Å². The molecular formula is C29H32N4O7. The van der Waals surface area contributed by atoms with Crippen LogP contribution in [-0.2, 0) is 20.8 Å². The molecule has 210 valence electrons. The van der Waals surface area contributed by atoms with Crippen molar-refractivity contribution in [2.75, 3.05) is 38.8 Å². The van der Waals surface area contributed by atoms with Crippen LogP contribution in [0.1, 0.15) is 17.5 Å². The van der Waals surface area contributed by atoms with E-state index >= 15 is 0 Å². The van der Waals surface area contributed by atoms with Crippen LogP contribution in [0.2, 0.25) is 0 Å². The number of ketones is 2. The molecule has 4 atom stereocenters. The van der Waals surface area contributed by atoms with Crippen molar-refractivity contribution in [3.8, 4) is 16.9 Å². The Hall–Kier alpha value is -4.35. The summed E-state index contributed by atoms with van der Waals surface area (Å²) in [4.78, 5) is 42.8. The van der Waals surface area contributed by atoms with Crippen molar-refractivity contribution < 1.29 is 34.8 Å². The number of nitrogens with zero attached hydrogens (tertiary/aromatic N) is 2. The largest absolute Gasteiger partial charge is 0.508 e. The summed E-state index contributed by atoms with van der Waals surface area (Å²) in [6.45, 7) is 0. The Bertz CT molecular complexity index is 1560. The number of carbonyl (C=O) groups is 3. The number of rotatable bonds is 4. The first-order valence-electron chi connectivity index (χ1n) is 12.8. The molecule has 1 fully saturated rings. The molecule has 1 amide bonds. The Morgan fingerprint density at radius 1 is 1.07 bits per heavy atom. The van der Waals surface area contributed by atoms with Gasteiger partial charge in [-0.1, -0.05) is 12.1 Å². The van der Waals surface area contributed by atoms with Crippen LogP contribution in [0.3, 0.4) is 0 Å². The molecule has 40 heavy (non-hydrogen) atoms. The summed E-state index contributed by atoms with van der Waals surface area (Å²) >= 11 is 0. The van der Waals surface area contributed by atoms with Crippen molar-refractivity contribution in [3.05, 3.63) is 58.4 Å². The number of aliphatic hydroxyl groups is 3. The lowest BCUT2D eigenvalue weighted by Gasteiger charge is -2.50. The summed E-state index contributed by atoms with van der Waals surface area (Å²) < 4.78 is 0. The van der Waals surface area contributed by atoms with Crippen LogP contribution >= 0.6 is 0 Å². The number of hydrogen-bond acceptors (Lipinski definition) is 10. The average molecular weight is 549 g/mol. The SMILES string of the molecule is CN(C)c1cc(-c2cccc(N)c2)c(O)c2c1C[C@H]1C[C@H]3[C@H](N(C)C)C(=O)C(C(N)=O)=C(O)[C@@]3(O)C(=O)C1=C2O. The topological polar surface area (TPSA) is 191 Å². The smallest absolute Gasteiger partial charge is 0.255 e. The quantitative estimate of drug-likeness (QED) is 0.240. The van der Waals surface area contributed by atoms with Crippen LogP contribution in [-0.4, -0.2) is 82.6 Å². The van der Waals surface area contributed by atoms with Gasteiger partial charge in [0.25, 0.3) is 5.91 Å². The Morgan fingerprint density at radius 3 is 2.33 bits per heavy atom. The number of fused-ring (bicyclic) bond motifs is 3. The van der Waals surface area contributed by atoms with E-state index in [1.165, 1.54) is 4.90 Å². The second kappa shape index (κ2) is 9.10. The number of aromatic hydroxyl groups is 1. The highest BCUT2D eigenvalue weighted by Gasteiger charge is 2.64. The van der Waals surface area contributed by atoms with Crippen LogP contribution in [0.25, 0.3) is 16.9 Å². The minimum atomic E-state index is -2.68. The number of likely N-dealkylation sites (N-methyl/N-ethyl adjacent to an activating group) is 1. The second-order valence-electron chi connectivity index (χ2n) is 11.1. The molecule has 1 saturated carbocycles. The van der Waals surface area contributed by atoms with E-state index < -0.39 is 58.0 Å². The third-order valence-corrected chi connectivity index (χ3v) is 8.38. The van der Waals surface area contributed by atoms with Crippen LogP contribution in [0.15, 0.2) is 47.2 Å². The number of nitrogens with two attached hydrogens (primary N) is 2.